The largest absolute Gasteiger partial charge is 0.339 e. The third-order valence-electron chi connectivity index (χ3n) is 3.15. The molecule has 1 fully saturated rings. The molecule has 0 aromatic carbocycles. The van der Waals surface area contributed by atoms with E-state index in [1.54, 1.807) is 9.80 Å². The smallest absolute Gasteiger partial charge is 0.239 e. The maximum Gasteiger partial charge on any atom is 0.239 e. The molecular weight excluding hydrogens is 270 g/mol. The maximum atomic E-state index is 12.0. The van der Waals surface area contributed by atoms with Crippen LogP contribution in [0.3, 0.4) is 0 Å². The van der Waals surface area contributed by atoms with Crippen LogP contribution in [0.5, 0.6) is 0 Å². The average Bonchev–Trinajstić information content (AvgIpc) is 2.34. The van der Waals surface area contributed by atoms with Gasteiger partial charge in [-0.25, -0.2) is 8.42 Å². The van der Waals surface area contributed by atoms with Gasteiger partial charge in [0.2, 0.25) is 11.8 Å². The van der Waals surface area contributed by atoms with E-state index >= 15 is 0 Å². The van der Waals surface area contributed by atoms with Gasteiger partial charge in [-0.05, 0) is 6.42 Å². The monoisotopic (exact) mass is 291 g/mol. The Balaban J connectivity index is 2.44. The highest BCUT2D eigenvalue weighted by molar-refractivity contribution is 7.90. The number of nitrogens with two attached hydrogens (primary N) is 1. The molecule has 0 saturated carbocycles. The lowest BCUT2D eigenvalue weighted by atomic mass is 10.2. The number of hydrogen-bond acceptors (Lipinski definition) is 5. The van der Waals surface area contributed by atoms with Crippen LogP contribution in [-0.4, -0.2) is 74.3 Å². The molecule has 0 radical (unpaired) electrons. The van der Waals surface area contributed by atoms with Crippen LogP contribution in [0, 0.1) is 0 Å². The Morgan fingerprint density at radius 3 is 2.05 bits per heavy atom. The molecule has 0 bridgehead atoms. The van der Waals surface area contributed by atoms with Gasteiger partial charge in [-0.1, -0.05) is 0 Å². The minimum Gasteiger partial charge on any atom is -0.339 e. The van der Waals surface area contributed by atoms with Gasteiger partial charge in [-0.15, -0.1) is 0 Å². The van der Waals surface area contributed by atoms with Crippen molar-refractivity contribution in [1.29, 1.82) is 0 Å². The first kappa shape index (κ1) is 15.9. The Morgan fingerprint density at radius 2 is 1.63 bits per heavy atom. The fraction of sp³-hybridized carbons (Fsp3) is 0.818. The summed E-state index contributed by atoms with van der Waals surface area (Å²) in [5, 5.41) is 0. The van der Waals surface area contributed by atoms with Gasteiger partial charge >= 0.3 is 0 Å². The van der Waals surface area contributed by atoms with E-state index in [0.717, 1.165) is 6.26 Å². The predicted molar refractivity (Wildman–Crippen MR) is 71.1 cm³/mol. The summed E-state index contributed by atoms with van der Waals surface area (Å²) in [5.41, 5.74) is 5.71. The molecule has 1 heterocycles. The van der Waals surface area contributed by atoms with Crippen LogP contribution in [0.1, 0.15) is 13.3 Å². The Morgan fingerprint density at radius 1 is 1.16 bits per heavy atom. The normalized spacial score (nSPS) is 18.3. The fourth-order valence-corrected chi connectivity index (χ4v) is 2.62. The van der Waals surface area contributed by atoms with Gasteiger partial charge in [0.15, 0.2) is 0 Å². The molecule has 110 valence electrons. The second kappa shape index (κ2) is 6.33. The van der Waals surface area contributed by atoms with E-state index in [4.69, 9.17) is 5.73 Å². The summed E-state index contributed by atoms with van der Waals surface area (Å²) in [6.45, 7) is 3.39. The molecular formula is C11H21N3O4S. The number of amides is 2. The summed E-state index contributed by atoms with van der Waals surface area (Å²) in [5.74, 6) is -0.340. The van der Waals surface area contributed by atoms with Crippen LogP contribution in [-0.2, 0) is 19.4 Å². The Kier molecular flexibility index (Phi) is 5.30. The third kappa shape index (κ3) is 5.15. The van der Waals surface area contributed by atoms with E-state index in [9.17, 15) is 18.0 Å². The molecule has 0 aromatic rings. The molecule has 0 aliphatic carbocycles. The molecule has 1 aliphatic rings. The highest BCUT2D eigenvalue weighted by Crippen LogP contribution is 2.06. The predicted octanol–water partition coefficient (Wildman–Crippen LogP) is -1.56. The van der Waals surface area contributed by atoms with Crippen LogP contribution in [0.15, 0.2) is 0 Å². The summed E-state index contributed by atoms with van der Waals surface area (Å²) in [6.07, 6.45) is 1.25. The van der Waals surface area contributed by atoms with E-state index in [1.165, 1.54) is 6.92 Å². The van der Waals surface area contributed by atoms with E-state index in [1.807, 2.05) is 0 Å². The zero-order valence-electron chi connectivity index (χ0n) is 11.3. The van der Waals surface area contributed by atoms with Crippen molar-refractivity contribution in [3.8, 4) is 0 Å². The Hall–Kier alpha value is -1.15. The minimum absolute atomic E-state index is 0.00604. The van der Waals surface area contributed by atoms with Gasteiger partial charge in [-0.2, -0.15) is 0 Å². The van der Waals surface area contributed by atoms with Crippen molar-refractivity contribution in [3.63, 3.8) is 0 Å². The van der Waals surface area contributed by atoms with E-state index in [0.29, 0.717) is 26.2 Å². The number of piperazine rings is 1. The zero-order chi connectivity index (χ0) is 14.6. The number of nitrogens with zero attached hydrogens (tertiary/aromatic N) is 2. The average molecular weight is 291 g/mol. The highest BCUT2D eigenvalue weighted by atomic mass is 32.2. The van der Waals surface area contributed by atoms with Crippen LogP contribution < -0.4 is 5.73 Å². The standard InChI is InChI=1S/C11H21N3O4S/c1-9(15)13-4-6-14(7-5-13)11(16)10(12)3-8-19(2,17)18/h10H,3-8,12H2,1-2H3. The molecule has 2 N–H and O–H groups in total. The van der Waals surface area contributed by atoms with Gasteiger partial charge in [0.25, 0.3) is 0 Å². The van der Waals surface area contributed by atoms with E-state index in [2.05, 4.69) is 0 Å². The van der Waals surface area contributed by atoms with Crippen molar-refractivity contribution >= 4 is 21.7 Å². The van der Waals surface area contributed by atoms with Gasteiger partial charge < -0.3 is 15.5 Å². The van der Waals surface area contributed by atoms with Crippen LogP contribution >= 0.6 is 0 Å². The SMILES string of the molecule is CC(=O)N1CCN(C(=O)C(N)CCS(C)(=O)=O)CC1. The maximum absolute atomic E-state index is 12.0. The first-order chi connectivity index (χ1) is 8.70. The van der Waals surface area contributed by atoms with Gasteiger partial charge in [-0.3, -0.25) is 9.59 Å². The van der Waals surface area contributed by atoms with Gasteiger partial charge in [0, 0.05) is 39.4 Å². The van der Waals surface area contributed by atoms with Crippen molar-refractivity contribution in [2.45, 2.75) is 19.4 Å². The minimum atomic E-state index is -3.11. The lowest BCUT2D eigenvalue weighted by Gasteiger charge is -2.35. The van der Waals surface area contributed by atoms with Crippen LogP contribution in [0.2, 0.25) is 0 Å². The summed E-state index contributed by atoms with van der Waals surface area (Å²) in [6, 6.07) is -0.793. The first-order valence-corrected chi connectivity index (χ1v) is 8.24. The fourth-order valence-electron chi connectivity index (χ4n) is 1.94. The van der Waals surface area contributed by atoms with Crippen molar-refractivity contribution in [3.05, 3.63) is 0 Å². The second-order valence-corrected chi connectivity index (χ2v) is 7.12. The molecule has 1 unspecified atom stereocenters. The molecule has 1 saturated heterocycles. The number of rotatable bonds is 4. The van der Waals surface area contributed by atoms with Gasteiger partial charge in [0.05, 0.1) is 11.8 Å². The molecule has 1 rings (SSSR count). The van der Waals surface area contributed by atoms with Crippen molar-refractivity contribution in [1.82, 2.24) is 9.80 Å². The zero-order valence-corrected chi connectivity index (χ0v) is 12.1. The molecule has 1 atom stereocenters. The quantitative estimate of drug-likeness (QED) is 0.675. The Labute approximate surface area is 113 Å². The number of carbonyl (C=O) groups excluding carboxylic acids is 2. The summed E-state index contributed by atoms with van der Waals surface area (Å²) in [7, 11) is -3.11. The molecule has 7 nitrogen and oxygen atoms in total. The molecule has 19 heavy (non-hydrogen) atoms. The van der Waals surface area contributed by atoms with E-state index < -0.39 is 15.9 Å². The summed E-state index contributed by atoms with van der Waals surface area (Å²) >= 11 is 0. The van der Waals surface area contributed by atoms with E-state index in [-0.39, 0.29) is 24.0 Å². The molecule has 1 aliphatic heterocycles. The van der Waals surface area contributed by atoms with Crippen LogP contribution in [0.25, 0.3) is 0 Å². The number of hydrogen-bond donors (Lipinski definition) is 1. The highest BCUT2D eigenvalue weighted by Gasteiger charge is 2.26. The number of carbonyl (C=O) groups is 2. The topological polar surface area (TPSA) is 101 Å². The van der Waals surface area contributed by atoms with Gasteiger partial charge in [0.1, 0.15) is 9.84 Å². The number of sulfone groups is 1. The summed E-state index contributed by atoms with van der Waals surface area (Å²) in [4.78, 5) is 26.4. The first-order valence-electron chi connectivity index (χ1n) is 6.18. The third-order valence-corrected chi connectivity index (χ3v) is 4.13. The second-order valence-electron chi connectivity index (χ2n) is 4.86. The lowest BCUT2D eigenvalue weighted by Crippen LogP contribution is -2.54. The van der Waals surface area contributed by atoms with Crippen LogP contribution in [0.4, 0.5) is 0 Å². The molecule has 0 aromatic heterocycles. The van der Waals surface area contributed by atoms with Crippen molar-refractivity contribution in [2.24, 2.45) is 5.73 Å². The molecule has 2 amide bonds. The summed E-state index contributed by atoms with van der Waals surface area (Å²) < 4.78 is 22.1. The van der Waals surface area contributed by atoms with Crippen molar-refractivity contribution in [2.75, 3.05) is 38.2 Å². The Bertz CT molecular complexity index is 441. The lowest BCUT2D eigenvalue weighted by molar-refractivity contribution is -0.139. The molecule has 8 heteroatoms. The molecule has 0 spiro atoms. The van der Waals surface area contributed by atoms with Crippen molar-refractivity contribution < 1.29 is 18.0 Å².